The second-order valence-electron chi connectivity index (χ2n) is 8.61. The van der Waals surface area contributed by atoms with E-state index in [9.17, 15) is 14.7 Å². The Morgan fingerprint density at radius 3 is 2.39 bits per heavy atom. The van der Waals surface area contributed by atoms with Crippen LogP contribution in [-0.2, 0) is 16.1 Å². The van der Waals surface area contributed by atoms with Crippen LogP contribution in [0.4, 0.5) is 0 Å². The van der Waals surface area contributed by atoms with Crippen LogP contribution in [-0.4, -0.2) is 60.6 Å². The molecule has 7 nitrogen and oxygen atoms in total. The number of hydrogen-bond donors (Lipinski definition) is 1. The Morgan fingerprint density at radius 1 is 1.00 bits per heavy atom. The summed E-state index contributed by atoms with van der Waals surface area (Å²) >= 11 is 0. The molecule has 2 heterocycles. The highest BCUT2D eigenvalue weighted by Gasteiger charge is 2.42. The van der Waals surface area contributed by atoms with Crippen molar-refractivity contribution in [2.24, 2.45) is 5.92 Å². The van der Waals surface area contributed by atoms with Crippen molar-refractivity contribution in [3.8, 4) is 11.5 Å². The number of rotatable bonds is 7. The van der Waals surface area contributed by atoms with Gasteiger partial charge in [0.15, 0.2) is 11.5 Å². The van der Waals surface area contributed by atoms with Crippen LogP contribution in [0.5, 0.6) is 11.5 Å². The van der Waals surface area contributed by atoms with Gasteiger partial charge in [0.25, 0.3) is 11.8 Å². The van der Waals surface area contributed by atoms with Gasteiger partial charge in [-0.05, 0) is 48.9 Å². The fourth-order valence-electron chi connectivity index (χ4n) is 4.55. The lowest BCUT2D eigenvalue weighted by Gasteiger charge is -2.34. The van der Waals surface area contributed by atoms with Gasteiger partial charge in [0.2, 0.25) is 0 Å². The maximum Gasteiger partial charge on any atom is 0.278 e. The number of aliphatic hydroxyl groups is 1. The minimum atomic E-state index is -0.325. The molecule has 0 aromatic heterocycles. The molecule has 0 bridgehead atoms. The molecule has 1 saturated heterocycles. The smallest absolute Gasteiger partial charge is 0.278 e. The molecule has 2 aliphatic heterocycles. The fourth-order valence-corrected chi connectivity index (χ4v) is 4.55. The highest BCUT2D eigenvalue weighted by molar-refractivity contribution is 6.35. The summed E-state index contributed by atoms with van der Waals surface area (Å²) in [5.41, 5.74) is 3.38. The number of ether oxygens (including phenoxy) is 2. The van der Waals surface area contributed by atoms with Crippen molar-refractivity contribution in [1.82, 2.24) is 9.80 Å². The molecule has 4 rings (SSSR count). The van der Waals surface area contributed by atoms with Gasteiger partial charge in [-0.15, -0.1) is 0 Å². The molecule has 33 heavy (non-hydrogen) atoms. The van der Waals surface area contributed by atoms with Gasteiger partial charge in [-0.3, -0.25) is 14.5 Å². The molecule has 2 amide bonds. The van der Waals surface area contributed by atoms with E-state index in [1.165, 1.54) is 4.90 Å². The number of carbonyl (C=O) groups excluding carboxylic acids is 2. The number of benzene rings is 2. The van der Waals surface area contributed by atoms with Crippen LogP contribution >= 0.6 is 0 Å². The second-order valence-corrected chi connectivity index (χ2v) is 8.61. The Hall–Kier alpha value is -3.32. The van der Waals surface area contributed by atoms with E-state index in [-0.39, 0.29) is 30.9 Å². The van der Waals surface area contributed by atoms with Crippen molar-refractivity contribution in [1.29, 1.82) is 0 Å². The summed E-state index contributed by atoms with van der Waals surface area (Å²) in [6.45, 7) is 3.47. The summed E-state index contributed by atoms with van der Waals surface area (Å²) < 4.78 is 10.8. The molecule has 1 fully saturated rings. The number of hydrogen-bond acceptors (Lipinski definition) is 6. The summed E-state index contributed by atoms with van der Waals surface area (Å²) in [4.78, 5) is 30.6. The number of aliphatic hydroxyl groups excluding tert-OH is 1. The highest BCUT2D eigenvalue weighted by Crippen LogP contribution is 2.38. The summed E-state index contributed by atoms with van der Waals surface area (Å²) in [7, 11) is 3.09. The Morgan fingerprint density at radius 2 is 1.73 bits per heavy atom. The summed E-state index contributed by atoms with van der Waals surface area (Å²) in [6, 6.07) is 13.1. The lowest BCUT2D eigenvalue weighted by atomic mass is 9.96. The Labute approximate surface area is 194 Å². The van der Waals surface area contributed by atoms with Gasteiger partial charge in [-0.2, -0.15) is 0 Å². The third-order valence-corrected chi connectivity index (χ3v) is 6.37. The van der Waals surface area contributed by atoms with Crippen LogP contribution < -0.4 is 9.47 Å². The molecular weight excluding hydrogens is 420 g/mol. The van der Waals surface area contributed by atoms with E-state index in [0.717, 1.165) is 24.0 Å². The minimum absolute atomic E-state index is 0.0602. The van der Waals surface area contributed by atoms with E-state index in [1.807, 2.05) is 36.1 Å². The van der Waals surface area contributed by atoms with E-state index in [2.05, 4.69) is 0 Å². The number of amides is 2. The molecule has 1 atom stereocenters. The zero-order valence-corrected chi connectivity index (χ0v) is 19.3. The van der Waals surface area contributed by atoms with Crippen molar-refractivity contribution < 1.29 is 24.2 Å². The van der Waals surface area contributed by atoms with Crippen molar-refractivity contribution in [2.45, 2.75) is 26.3 Å². The van der Waals surface area contributed by atoms with Gasteiger partial charge in [0.1, 0.15) is 5.70 Å². The van der Waals surface area contributed by atoms with E-state index in [1.54, 1.807) is 32.4 Å². The lowest BCUT2D eigenvalue weighted by molar-refractivity contribution is -0.138. The van der Waals surface area contributed by atoms with Crippen molar-refractivity contribution in [3.05, 3.63) is 64.9 Å². The van der Waals surface area contributed by atoms with Gasteiger partial charge >= 0.3 is 0 Å². The molecule has 0 saturated carbocycles. The van der Waals surface area contributed by atoms with Crippen LogP contribution in [0.2, 0.25) is 0 Å². The van der Waals surface area contributed by atoms with Crippen LogP contribution in [0, 0.1) is 12.8 Å². The van der Waals surface area contributed by atoms with Crippen molar-refractivity contribution in [2.75, 3.05) is 33.9 Å². The third kappa shape index (κ3) is 4.46. The quantitative estimate of drug-likeness (QED) is 0.654. The number of nitrogens with zero attached hydrogens (tertiary/aromatic N) is 2. The van der Waals surface area contributed by atoms with E-state index >= 15 is 0 Å². The average molecular weight is 451 g/mol. The van der Waals surface area contributed by atoms with Crippen molar-refractivity contribution >= 4 is 17.4 Å². The highest BCUT2D eigenvalue weighted by atomic mass is 16.5. The molecule has 0 spiro atoms. The Bertz CT molecular complexity index is 1080. The van der Waals surface area contributed by atoms with Crippen LogP contribution in [0.25, 0.3) is 5.57 Å². The molecule has 1 N–H and O–H groups in total. The van der Waals surface area contributed by atoms with Gasteiger partial charge < -0.3 is 19.5 Å². The molecular formula is C26H30N2O5. The van der Waals surface area contributed by atoms with Crippen molar-refractivity contribution in [3.63, 3.8) is 0 Å². The molecule has 2 aromatic rings. The number of carbonyl (C=O) groups is 2. The maximum absolute atomic E-state index is 13.6. The van der Waals surface area contributed by atoms with Gasteiger partial charge in [-0.1, -0.05) is 35.9 Å². The molecule has 2 aliphatic rings. The number of aryl methyl sites for hydroxylation is 1. The van der Waals surface area contributed by atoms with Crippen LogP contribution in [0.15, 0.2) is 48.2 Å². The SMILES string of the molecule is COc1ccc(C2=C(N3CCCC(CO)C3)C(=O)N(Cc3ccc(C)cc3)C2=O)cc1OC. The first-order valence-electron chi connectivity index (χ1n) is 11.2. The van der Waals surface area contributed by atoms with Gasteiger partial charge in [-0.25, -0.2) is 0 Å². The summed E-state index contributed by atoms with van der Waals surface area (Å²) in [6.07, 6.45) is 1.76. The van der Waals surface area contributed by atoms with Crippen LogP contribution in [0.3, 0.4) is 0 Å². The lowest BCUT2D eigenvalue weighted by Crippen LogP contribution is -2.40. The van der Waals surface area contributed by atoms with Gasteiger partial charge in [0, 0.05) is 19.7 Å². The topological polar surface area (TPSA) is 79.3 Å². The van der Waals surface area contributed by atoms with E-state index in [0.29, 0.717) is 41.4 Å². The maximum atomic E-state index is 13.6. The average Bonchev–Trinajstić information content (AvgIpc) is 3.09. The monoisotopic (exact) mass is 450 g/mol. The minimum Gasteiger partial charge on any atom is -0.493 e. The molecule has 7 heteroatoms. The molecule has 0 radical (unpaired) electrons. The number of imide groups is 1. The fraction of sp³-hybridized carbons (Fsp3) is 0.385. The zero-order chi connectivity index (χ0) is 23.5. The van der Waals surface area contributed by atoms with Gasteiger partial charge in [0.05, 0.1) is 26.3 Å². The number of likely N-dealkylation sites (tertiary alicyclic amines) is 1. The third-order valence-electron chi connectivity index (χ3n) is 6.37. The largest absolute Gasteiger partial charge is 0.493 e. The summed E-state index contributed by atoms with van der Waals surface area (Å²) in [5.74, 6) is 0.491. The number of piperidine rings is 1. The molecule has 174 valence electrons. The molecule has 1 unspecified atom stereocenters. The number of methoxy groups -OCH3 is 2. The van der Waals surface area contributed by atoms with Crippen LogP contribution in [0.1, 0.15) is 29.5 Å². The standard InChI is InChI=1S/C26H30N2O5/c1-17-6-8-18(9-7-17)15-28-25(30)23(20-10-11-21(32-2)22(13-20)33-3)24(26(28)31)27-12-4-5-19(14-27)16-29/h6-11,13,19,29H,4-5,12,14-16H2,1-3H3. The first-order chi connectivity index (χ1) is 16.0. The summed E-state index contributed by atoms with van der Waals surface area (Å²) in [5, 5.41) is 9.71. The Balaban J connectivity index is 1.76. The predicted octanol–water partition coefficient (Wildman–Crippen LogP) is 3.00. The Kier molecular flexibility index (Phi) is 6.70. The normalized spacial score (nSPS) is 18.8. The molecule has 2 aromatic carbocycles. The second kappa shape index (κ2) is 9.67. The van der Waals surface area contributed by atoms with E-state index < -0.39 is 0 Å². The first kappa shape index (κ1) is 22.9. The zero-order valence-electron chi connectivity index (χ0n) is 19.3. The molecule has 0 aliphatic carbocycles. The first-order valence-corrected chi connectivity index (χ1v) is 11.2. The predicted molar refractivity (Wildman–Crippen MR) is 125 cm³/mol. The van der Waals surface area contributed by atoms with E-state index in [4.69, 9.17) is 9.47 Å².